The van der Waals surface area contributed by atoms with E-state index >= 15 is 0 Å². The molecular formula is C44H35NO. The molecule has 9 aromatic rings. The van der Waals surface area contributed by atoms with Gasteiger partial charge in [-0.1, -0.05) is 81.8 Å². The zero-order valence-electron chi connectivity index (χ0n) is 26.7. The lowest BCUT2D eigenvalue weighted by molar-refractivity contribution is 0.669. The zero-order chi connectivity index (χ0) is 30.8. The molecule has 2 nitrogen and oxygen atoms in total. The third kappa shape index (κ3) is 3.59. The highest BCUT2D eigenvalue weighted by atomic mass is 16.3. The molecule has 0 unspecified atom stereocenters. The molecule has 222 valence electrons. The van der Waals surface area contributed by atoms with Crippen molar-refractivity contribution in [1.82, 2.24) is 4.40 Å². The van der Waals surface area contributed by atoms with Crippen molar-refractivity contribution < 1.29 is 4.42 Å². The number of fused-ring (bicyclic) bond motifs is 11. The minimum absolute atomic E-state index is 0.496. The fourth-order valence-electron chi connectivity index (χ4n) is 8.20. The molecule has 0 atom stereocenters. The summed E-state index contributed by atoms with van der Waals surface area (Å²) in [7, 11) is 0. The Morgan fingerprint density at radius 3 is 2.15 bits per heavy atom. The molecule has 0 N–H and O–H groups in total. The maximum absolute atomic E-state index is 6.20. The van der Waals surface area contributed by atoms with E-state index in [1.54, 1.807) is 5.57 Å². The molecule has 0 saturated heterocycles. The Labute approximate surface area is 267 Å². The highest BCUT2D eigenvalue weighted by Crippen LogP contribution is 2.45. The lowest BCUT2D eigenvalue weighted by Gasteiger charge is -2.19. The third-order valence-corrected chi connectivity index (χ3v) is 10.8. The summed E-state index contributed by atoms with van der Waals surface area (Å²) in [6.07, 6.45) is 4.72. The molecule has 0 fully saturated rings. The van der Waals surface area contributed by atoms with Crippen LogP contribution >= 0.6 is 0 Å². The highest BCUT2D eigenvalue weighted by molar-refractivity contribution is 6.26. The van der Waals surface area contributed by atoms with Crippen molar-refractivity contribution in [2.24, 2.45) is 5.92 Å². The van der Waals surface area contributed by atoms with Crippen molar-refractivity contribution in [3.63, 3.8) is 0 Å². The average Bonchev–Trinajstić information content (AvgIpc) is 3.71. The second kappa shape index (κ2) is 9.23. The van der Waals surface area contributed by atoms with Gasteiger partial charge in [0.15, 0.2) is 0 Å². The predicted octanol–water partition coefficient (Wildman–Crippen LogP) is 12.7. The van der Waals surface area contributed by atoms with Crippen LogP contribution in [0.4, 0.5) is 0 Å². The van der Waals surface area contributed by atoms with Gasteiger partial charge in [-0.2, -0.15) is 0 Å². The van der Waals surface area contributed by atoms with Gasteiger partial charge in [-0.15, -0.1) is 0 Å². The first kappa shape index (κ1) is 26.2. The van der Waals surface area contributed by atoms with E-state index in [9.17, 15) is 0 Å². The standard InChI is InChI=1S/C44H35NO/c1-24(2)26-9-11-29-22-40-35(18-31(29)15-26)38-20-33(28-13-14-43-37(17-28)34-7-5-6-8-42(34)46-43)21-39-36-19-32-16-27(25(3)4)10-12-30(32)23-41(36)45(40)44(38)39/h5-9,11,13-25H,10,12H2,1-4H3. The number of aromatic nitrogens is 1. The van der Waals surface area contributed by atoms with Crippen molar-refractivity contribution >= 4 is 76.9 Å². The van der Waals surface area contributed by atoms with Gasteiger partial charge in [0.05, 0.1) is 16.6 Å². The summed E-state index contributed by atoms with van der Waals surface area (Å²) in [5.41, 5.74) is 14.1. The first-order valence-electron chi connectivity index (χ1n) is 16.8. The first-order valence-corrected chi connectivity index (χ1v) is 16.8. The number of aryl methyl sites for hydroxylation is 1. The summed E-state index contributed by atoms with van der Waals surface area (Å²) in [5.74, 6) is 1.07. The fraction of sp³-hybridized carbons (Fsp3) is 0.182. The van der Waals surface area contributed by atoms with Crippen LogP contribution in [0.15, 0.2) is 107 Å². The number of rotatable bonds is 3. The van der Waals surface area contributed by atoms with Crippen molar-refractivity contribution in [3.8, 4) is 11.1 Å². The van der Waals surface area contributed by atoms with E-state index in [0.29, 0.717) is 11.8 Å². The van der Waals surface area contributed by atoms with Gasteiger partial charge < -0.3 is 8.82 Å². The number of nitrogens with zero attached hydrogens (tertiary/aromatic N) is 1. The Hall–Kier alpha value is -5.08. The van der Waals surface area contributed by atoms with Crippen molar-refractivity contribution in [3.05, 3.63) is 119 Å². The van der Waals surface area contributed by atoms with Crippen LogP contribution in [0.1, 0.15) is 56.7 Å². The topological polar surface area (TPSA) is 17.6 Å². The Bertz CT molecular complexity index is 2750. The van der Waals surface area contributed by atoms with Crippen molar-refractivity contribution in [1.29, 1.82) is 0 Å². The zero-order valence-corrected chi connectivity index (χ0v) is 26.7. The number of hydrogen-bond acceptors (Lipinski definition) is 1. The van der Waals surface area contributed by atoms with Crippen LogP contribution < -0.4 is 0 Å². The molecule has 0 amide bonds. The second-order valence-corrected chi connectivity index (χ2v) is 14.1. The number of benzene rings is 6. The van der Waals surface area contributed by atoms with E-state index in [2.05, 4.69) is 129 Å². The van der Waals surface area contributed by atoms with Gasteiger partial charge in [0, 0.05) is 32.3 Å². The summed E-state index contributed by atoms with van der Waals surface area (Å²) in [5, 5.41) is 10.3. The van der Waals surface area contributed by atoms with Crippen LogP contribution in [0.5, 0.6) is 0 Å². The maximum atomic E-state index is 6.20. The molecule has 10 rings (SSSR count). The lowest BCUT2D eigenvalue weighted by atomic mass is 9.86. The molecule has 1 aliphatic carbocycles. The molecule has 0 radical (unpaired) electrons. The van der Waals surface area contributed by atoms with Crippen LogP contribution in [0.25, 0.3) is 88.0 Å². The summed E-state index contributed by atoms with van der Waals surface area (Å²) < 4.78 is 8.75. The summed E-state index contributed by atoms with van der Waals surface area (Å²) in [6.45, 7) is 9.20. The average molecular weight is 594 g/mol. The molecule has 1 aliphatic rings. The SMILES string of the molecule is CC(C)C1=Cc2cc3c4cc(-c5ccc6oc7ccccc7c6c5)cc5c6cc7cc(C(C)C)ccc7cc6n(c3cc2CC1)c45. The van der Waals surface area contributed by atoms with Crippen LogP contribution in [-0.4, -0.2) is 4.40 Å². The normalized spacial score (nSPS) is 14.0. The minimum atomic E-state index is 0.496. The van der Waals surface area contributed by atoms with Crippen LogP contribution in [0.2, 0.25) is 0 Å². The van der Waals surface area contributed by atoms with Crippen LogP contribution in [0.3, 0.4) is 0 Å². The largest absolute Gasteiger partial charge is 0.456 e. The van der Waals surface area contributed by atoms with Crippen LogP contribution in [-0.2, 0) is 6.42 Å². The van der Waals surface area contributed by atoms with E-state index < -0.39 is 0 Å². The fourth-order valence-corrected chi connectivity index (χ4v) is 8.20. The van der Waals surface area contributed by atoms with Gasteiger partial charge in [-0.25, -0.2) is 0 Å². The van der Waals surface area contributed by atoms with E-state index in [1.807, 2.05) is 6.07 Å². The van der Waals surface area contributed by atoms with Gasteiger partial charge >= 0.3 is 0 Å². The van der Waals surface area contributed by atoms with Crippen molar-refractivity contribution in [2.45, 2.75) is 46.5 Å². The van der Waals surface area contributed by atoms with Crippen LogP contribution in [0, 0.1) is 5.92 Å². The summed E-state index contributed by atoms with van der Waals surface area (Å²) >= 11 is 0. The van der Waals surface area contributed by atoms with E-state index in [1.165, 1.54) is 87.5 Å². The highest BCUT2D eigenvalue weighted by Gasteiger charge is 2.23. The number of allylic oxidation sites excluding steroid dienone is 1. The third-order valence-electron chi connectivity index (χ3n) is 10.8. The van der Waals surface area contributed by atoms with Crippen molar-refractivity contribution in [2.75, 3.05) is 0 Å². The number of furan rings is 1. The van der Waals surface area contributed by atoms with Gasteiger partial charge in [-0.05, 0) is 118 Å². The monoisotopic (exact) mass is 593 g/mol. The molecule has 0 bridgehead atoms. The Balaban J connectivity index is 1.32. The maximum Gasteiger partial charge on any atom is 0.135 e. The number of para-hydroxylation sites is 1. The Morgan fingerprint density at radius 1 is 0.565 bits per heavy atom. The Morgan fingerprint density at radius 2 is 1.33 bits per heavy atom. The molecule has 0 spiro atoms. The first-order chi connectivity index (χ1) is 22.4. The van der Waals surface area contributed by atoms with E-state index in [4.69, 9.17) is 4.42 Å². The molecule has 46 heavy (non-hydrogen) atoms. The van der Waals surface area contributed by atoms with E-state index in [0.717, 1.165) is 24.0 Å². The van der Waals surface area contributed by atoms with Gasteiger partial charge in [0.25, 0.3) is 0 Å². The summed E-state index contributed by atoms with van der Waals surface area (Å²) in [6, 6.07) is 36.7. The second-order valence-electron chi connectivity index (χ2n) is 14.1. The molecule has 0 aliphatic heterocycles. The molecule has 2 heteroatoms. The minimum Gasteiger partial charge on any atom is -0.456 e. The molecule has 0 saturated carbocycles. The van der Waals surface area contributed by atoms with E-state index in [-0.39, 0.29) is 0 Å². The van der Waals surface area contributed by atoms with Gasteiger partial charge in [-0.3, -0.25) is 0 Å². The molecule has 6 aromatic carbocycles. The molecular weight excluding hydrogens is 558 g/mol. The Kier molecular flexibility index (Phi) is 5.25. The van der Waals surface area contributed by atoms with Gasteiger partial charge in [0.1, 0.15) is 11.2 Å². The molecule has 3 aromatic heterocycles. The summed E-state index contributed by atoms with van der Waals surface area (Å²) in [4.78, 5) is 0. The molecule has 3 heterocycles. The van der Waals surface area contributed by atoms with Gasteiger partial charge in [0.2, 0.25) is 0 Å². The quantitative estimate of drug-likeness (QED) is 0.199. The predicted molar refractivity (Wildman–Crippen MR) is 197 cm³/mol. The lowest BCUT2D eigenvalue weighted by Crippen LogP contribution is -2.04. The smallest absolute Gasteiger partial charge is 0.135 e. The number of hydrogen-bond donors (Lipinski definition) is 0.